The Labute approximate surface area is 346 Å². The average molecular weight is 821 g/mol. The lowest BCUT2D eigenvalue weighted by molar-refractivity contribution is -0.146. The van der Waals surface area contributed by atoms with Crippen molar-refractivity contribution < 1.29 is 29.0 Å². The maximum Gasteiger partial charge on any atom is 0.264 e. The van der Waals surface area contributed by atoms with Crippen LogP contribution in [-0.4, -0.2) is 90.9 Å². The molecule has 15 heteroatoms. The van der Waals surface area contributed by atoms with Crippen molar-refractivity contribution in [3.8, 4) is 5.75 Å². The van der Waals surface area contributed by atoms with Gasteiger partial charge in [0.1, 0.15) is 5.75 Å². The second kappa shape index (κ2) is 17.0. The second-order valence-corrected chi connectivity index (χ2v) is 21.7. The first-order chi connectivity index (χ1) is 28.5. The fraction of sp³-hybridized carbons (Fsp3) is 0.477. The Morgan fingerprint density at radius 1 is 0.966 bits per heavy atom. The largest absolute Gasteiger partial charge is 0.497 e. The first kappa shape index (κ1) is 40.8. The van der Waals surface area contributed by atoms with E-state index in [0.717, 1.165) is 61.3 Å². The molecule has 4 aromatic rings. The number of ether oxygens (including phenoxy) is 2. The summed E-state index contributed by atoms with van der Waals surface area (Å²) in [6.45, 7) is 9.32. The summed E-state index contributed by atoms with van der Waals surface area (Å²) >= 11 is 0. The minimum absolute atomic E-state index is 0.00809. The van der Waals surface area contributed by atoms with E-state index >= 15 is 4.79 Å². The van der Waals surface area contributed by atoms with Gasteiger partial charge in [0.2, 0.25) is 11.8 Å². The van der Waals surface area contributed by atoms with Crippen LogP contribution in [0, 0.1) is 5.92 Å². The molecule has 59 heavy (non-hydrogen) atoms. The highest BCUT2D eigenvalue weighted by Crippen LogP contribution is 2.60. The number of aliphatic hydroxyl groups is 1. The monoisotopic (exact) mass is 820 g/mol. The van der Waals surface area contributed by atoms with Crippen LogP contribution in [-0.2, 0) is 44.2 Å². The molecule has 1 spiro atoms. The summed E-state index contributed by atoms with van der Waals surface area (Å²) in [5.41, 5.74) is 3.10. The highest BCUT2D eigenvalue weighted by atomic mass is 28.3. The molecule has 4 aliphatic heterocycles. The van der Waals surface area contributed by atoms with Crippen molar-refractivity contribution in [3.05, 3.63) is 89.7 Å². The molecule has 0 aliphatic carbocycles. The van der Waals surface area contributed by atoms with Gasteiger partial charge in [-0.05, 0) is 98.8 Å². The van der Waals surface area contributed by atoms with Crippen LogP contribution in [0.2, 0.25) is 18.6 Å². The van der Waals surface area contributed by atoms with Crippen LogP contribution in [0.25, 0.3) is 0 Å². The molecule has 0 bridgehead atoms. The fourth-order valence-corrected chi connectivity index (χ4v) is 14.0. The Kier molecular flexibility index (Phi) is 11.7. The molecular weight excluding hydrogens is 765 g/mol. The summed E-state index contributed by atoms with van der Waals surface area (Å²) in [5.74, 6) is 0.262. The molecule has 0 radical (unpaired) electrons. The summed E-state index contributed by atoms with van der Waals surface area (Å²) in [6, 6.07) is 21.3. The van der Waals surface area contributed by atoms with E-state index in [1.54, 1.807) is 11.8 Å². The van der Waals surface area contributed by atoms with Crippen LogP contribution in [0.4, 0.5) is 17.1 Å². The molecule has 4 aliphatic rings. The Hall–Kier alpha value is -4.93. The molecular formula is C44H56N8O6Si. The molecule has 3 fully saturated rings. The number of nitrogens with one attached hydrogen (secondary N) is 4. The summed E-state index contributed by atoms with van der Waals surface area (Å²) < 4.78 is 14.7. The zero-order valence-corrected chi connectivity index (χ0v) is 35.4. The zero-order valence-electron chi connectivity index (χ0n) is 34.4. The Balaban J connectivity index is 1.15. The van der Waals surface area contributed by atoms with Gasteiger partial charge in [0, 0.05) is 48.6 Å². The quantitative estimate of drug-likeness (QED) is 0.117. The fourth-order valence-electron chi connectivity index (χ4n) is 9.91. The normalized spacial score (nSPS) is 25.1. The topological polar surface area (TPSA) is 172 Å². The molecule has 6 atom stereocenters. The number of carbonyl (C=O) groups is 3. The van der Waals surface area contributed by atoms with Gasteiger partial charge < -0.3 is 40.7 Å². The minimum Gasteiger partial charge on any atom is -0.497 e. The number of amides is 3. The van der Waals surface area contributed by atoms with Gasteiger partial charge in [-0.25, -0.2) is 0 Å². The van der Waals surface area contributed by atoms with Gasteiger partial charge in [-0.15, -0.1) is 5.10 Å². The number of anilines is 3. The van der Waals surface area contributed by atoms with Crippen molar-refractivity contribution in [2.24, 2.45) is 5.92 Å². The number of methoxy groups -OCH3 is 1. The predicted octanol–water partition coefficient (Wildman–Crippen LogP) is 4.06. The lowest BCUT2D eigenvalue weighted by atomic mass is 9.82. The third-order valence-electron chi connectivity index (χ3n) is 13.0. The maximum absolute atomic E-state index is 15.5. The molecule has 1 aromatic heterocycles. The number of aryl methyl sites for hydroxylation is 1. The van der Waals surface area contributed by atoms with Gasteiger partial charge in [0.05, 0.1) is 51.3 Å². The van der Waals surface area contributed by atoms with Crippen molar-refractivity contribution in [2.45, 2.75) is 101 Å². The SMILES string of the molecule is COc1ccc([Si](C)(C)[C@H]2[C@H](CCn3cc(CCO)nn3)O[C@@]3(C(=O)N(Cc4ccc(NC(=O)[C@H]5CCCN5)cc4)c4ccc(NC(=O)[C@H]5CCCN5)cc43)[C@@H]2C)cc1. The summed E-state index contributed by atoms with van der Waals surface area (Å²) in [7, 11) is -0.764. The van der Waals surface area contributed by atoms with E-state index < -0.39 is 13.7 Å². The van der Waals surface area contributed by atoms with Crippen LogP contribution in [0.3, 0.4) is 0 Å². The van der Waals surface area contributed by atoms with Crippen LogP contribution in [0.15, 0.2) is 72.9 Å². The molecule has 5 N–H and O–H groups in total. The van der Waals surface area contributed by atoms with Gasteiger partial charge in [-0.1, -0.05) is 54.7 Å². The van der Waals surface area contributed by atoms with E-state index in [2.05, 4.69) is 63.7 Å². The van der Waals surface area contributed by atoms with Crippen LogP contribution >= 0.6 is 0 Å². The summed E-state index contributed by atoms with van der Waals surface area (Å²) in [4.78, 5) is 43.5. The third-order valence-corrected chi connectivity index (χ3v) is 17.4. The third kappa shape index (κ3) is 7.93. The van der Waals surface area contributed by atoms with E-state index in [9.17, 15) is 14.7 Å². The van der Waals surface area contributed by atoms with E-state index in [0.29, 0.717) is 43.0 Å². The van der Waals surface area contributed by atoms with Gasteiger partial charge in [-0.2, -0.15) is 0 Å². The standard InChI is InChI=1S/C44H56N8O6Si/c1-28-40(59(3,4)34-16-14-33(57-2)15-17-34)39(19-23-51-27-32(20-24-53)49-50-51)58-44(28)35-25-31(48-42(55)37-8-6-22-46-37)13-18-38(35)52(43(44)56)26-29-9-11-30(12-10-29)47-41(54)36-7-5-21-45-36/h9-18,25,27-28,36-37,39-40,45-46,53H,5-8,19-24,26H2,1-4H3,(H,47,54)(H,48,55)/t28-,36-,37-,39+,40-,44+/m1/s1. The van der Waals surface area contributed by atoms with Crippen LogP contribution < -0.4 is 36.1 Å². The molecule has 3 amide bonds. The first-order valence-corrected chi connectivity index (χ1v) is 24.1. The second-order valence-electron chi connectivity index (χ2n) is 17.0. The minimum atomic E-state index is -2.43. The molecule has 14 nitrogen and oxygen atoms in total. The Morgan fingerprint density at radius 3 is 2.25 bits per heavy atom. The van der Waals surface area contributed by atoms with E-state index in [1.165, 1.54) is 5.19 Å². The smallest absolute Gasteiger partial charge is 0.264 e. The van der Waals surface area contributed by atoms with E-state index in [1.807, 2.05) is 65.7 Å². The number of aliphatic hydroxyl groups excluding tert-OH is 1. The van der Waals surface area contributed by atoms with Gasteiger partial charge >= 0.3 is 0 Å². The van der Waals surface area contributed by atoms with Crippen LogP contribution in [0.5, 0.6) is 5.75 Å². The molecule has 312 valence electrons. The Bertz CT molecular complexity index is 2150. The molecule has 8 rings (SSSR count). The predicted molar refractivity (Wildman–Crippen MR) is 228 cm³/mol. The first-order valence-electron chi connectivity index (χ1n) is 21.0. The average Bonchev–Trinajstić information content (AvgIpc) is 4.10. The lowest BCUT2D eigenvalue weighted by Gasteiger charge is -2.37. The van der Waals surface area contributed by atoms with Gasteiger partial charge in [-0.3, -0.25) is 19.1 Å². The van der Waals surface area contributed by atoms with E-state index in [-0.39, 0.29) is 54.0 Å². The number of fused-ring (bicyclic) bond motifs is 2. The van der Waals surface area contributed by atoms with Gasteiger partial charge in [0.25, 0.3) is 5.91 Å². The van der Waals surface area contributed by atoms with Crippen molar-refractivity contribution >= 4 is 48.0 Å². The van der Waals surface area contributed by atoms with Crippen LogP contribution in [0.1, 0.15) is 55.8 Å². The Morgan fingerprint density at radius 2 is 1.63 bits per heavy atom. The van der Waals surface area contributed by atoms with Crippen molar-refractivity contribution in [1.82, 2.24) is 25.6 Å². The number of benzene rings is 3. The number of carbonyl (C=O) groups excluding carboxylic acids is 3. The van der Waals surface area contributed by atoms with Gasteiger partial charge in [0.15, 0.2) is 5.60 Å². The summed E-state index contributed by atoms with van der Waals surface area (Å²) in [5, 5.41) is 32.0. The van der Waals surface area contributed by atoms with Crippen molar-refractivity contribution in [3.63, 3.8) is 0 Å². The van der Waals surface area contributed by atoms with Crippen molar-refractivity contribution in [1.29, 1.82) is 0 Å². The molecule has 5 heterocycles. The number of nitrogens with zero attached hydrogens (tertiary/aromatic N) is 4. The number of rotatable bonds is 14. The van der Waals surface area contributed by atoms with Crippen molar-refractivity contribution in [2.75, 3.05) is 42.3 Å². The highest BCUT2D eigenvalue weighted by molar-refractivity contribution is 6.91. The maximum atomic E-state index is 15.5. The summed E-state index contributed by atoms with van der Waals surface area (Å²) in [6.07, 6.45) is 6.06. The molecule has 0 unspecified atom stereocenters. The highest BCUT2D eigenvalue weighted by Gasteiger charge is 2.66. The number of hydrogen-bond acceptors (Lipinski definition) is 10. The van der Waals surface area contributed by atoms with E-state index in [4.69, 9.17) is 9.47 Å². The zero-order chi connectivity index (χ0) is 41.3. The molecule has 3 aromatic carbocycles. The molecule has 3 saturated heterocycles. The number of hydrogen-bond donors (Lipinski definition) is 5. The molecule has 0 saturated carbocycles. The number of aromatic nitrogens is 3. The lowest BCUT2D eigenvalue weighted by Crippen LogP contribution is -2.51.